The van der Waals surface area contributed by atoms with Gasteiger partial charge in [0.15, 0.2) is 5.13 Å². The molecule has 1 fully saturated rings. The maximum atomic E-state index is 11.7. The Kier molecular flexibility index (Phi) is 3.38. The van der Waals surface area contributed by atoms with Gasteiger partial charge in [-0.25, -0.2) is 4.98 Å². The Morgan fingerprint density at radius 1 is 1.58 bits per heavy atom. The summed E-state index contributed by atoms with van der Waals surface area (Å²) < 4.78 is 5.77. The van der Waals surface area contributed by atoms with Gasteiger partial charge in [0.1, 0.15) is 11.5 Å². The minimum atomic E-state index is -0.0207. The number of aryl methyl sites for hydroxylation is 1. The summed E-state index contributed by atoms with van der Waals surface area (Å²) in [5, 5.41) is 5.26. The zero-order valence-electron chi connectivity index (χ0n) is 10.8. The van der Waals surface area contributed by atoms with Crippen LogP contribution < -0.4 is 5.32 Å². The number of hydrogen-bond acceptors (Lipinski definition) is 4. The molecule has 0 spiro atoms. The monoisotopic (exact) mass is 276 g/mol. The van der Waals surface area contributed by atoms with Crippen molar-refractivity contribution < 1.29 is 9.21 Å². The highest BCUT2D eigenvalue weighted by Gasteiger charge is 2.36. The van der Waals surface area contributed by atoms with E-state index in [9.17, 15) is 4.79 Å². The molecule has 19 heavy (non-hydrogen) atoms. The molecule has 0 radical (unpaired) electrons. The fourth-order valence-corrected chi connectivity index (χ4v) is 2.70. The van der Waals surface area contributed by atoms with E-state index in [0.29, 0.717) is 23.9 Å². The van der Waals surface area contributed by atoms with Crippen LogP contribution in [0.4, 0.5) is 5.13 Å². The maximum absolute atomic E-state index is 11.7. The molecule has 1 N–H and O–H groups in total. The number of thiazole rings is 1. The zero-order chi connectivity index (χ0) is 13.2. The molecule has 100 valence electrons. The number of aromatic nitrogens is 1. The zero-order valence-corrected chi connectivity index (χ0v) is 11.6. The normalized spacial score (nSPS) is 21.3. The molecule has 0 aliphatic heterocycles. The Morgan fingerprint density at radius 3 is 3.11 bits per heavy atom. The molecule has 1 aliphatic carbocycles. The second-order valence-corrected chi connectivity index (χ2v) is 5.90. The van der Waals surface area contributed by atoms with Crippen LogP contribution in [0.3, 0.4) is 0 Å². The highest BCUT2D eigenvalue weighted by molar-refractivity contribution is 7.13. The topological polar surface area (TPSA) is 55.1 Å². The Balaban J connectivity index is 1.49. The highest BCUT2D eigenvalue weighted by Crippen LogP contribution is 2.47. The molecular weight excluding hydrogens is 260 g/mol. The van der Waals surface area contributed by atoms with E-state index in [1.54, 1.807) is 6.20 Å². The van der Waals surface area contributed by atoms with Crippen LogP contribution in [0.1, 0.15) is 37.2 Å². The van der Waals surface area contributed by atoms with Crippen molar-refractivity contribution in [3.05, 3.63) is 35.2 Å². The molecule has 2 heterocycles. The molecule has 0 saturated heterocycles. The molecule has 4 nitrogen and oxygen atoms in total. The third-order valence-corrected chi connectivity index (χ3v) is 4.12. The molecule has 1 amide bonds. The molecule has 0 bridgehead atoms. The Labute approximate surface area is 115 Å². The van der Waals surface area contributed by atoms with Gasteiger partial charge in [-0.3, -0.25) is 4.79 Å². The molecule has 1 aliphatic rings. The summed E-state index contributed by atoms with van der Waals surface area (Å²) in [6, 6.07) is 4.03. The second-order valence-electron chi connectivity index (χ2n) is 5.01. The lowest BCUT2D eigenvalue weighted by molar-refractivity contribution is -0.116. The molecule has 0 unspecified atom stereocenters. The van der Waals surface area contributed by atoms with E-state index in [0.717, 1.165) is 17.4 Å². The van der Waals surface area contributed by atoms with Crippen molar-refractivity contribution in [3.8, 4) is 0 Å². The average Bonchev–Trinajstić information content (AvgIpc) is 2.87. The molecule has 2 aromatic rings. The van der Waals surface area contributed by atoms with Crippen molar-refractivity contribution >= 4 is 22.4 Å². The van der Waals surface area contributed by atoms with Gasteiger partial charge in [-0.1, -0.05) is 6.92 Å². The van der Waals surface area contributed by atoms with Crippen molar-refractivity contribution in [1.82, 2.24) is 4.98 Å². The summed E-state index contributed by atoms with van der Waals surface area (Å²) in [6.07, 6.45) is 3.96. The van der Waals surface area contributed by atoms with Crippen molar-refractivity contribution in [3.63, 3.8) is 0 Å². The molecule has 1 saturated carbocycles. The van der Waals surface area contributed by atoms with E-state index >= 15 is 0 Å². The van der Waals surface area contributed by atoms with E-state index in [1.165, 1.54) is 17.8 Å². The van der Waals surface area contributed by atoms with Crippen LogP contribution in [0.2, 0.25) is 0 Å². The lowest BCUT2D eigenvalue weighted by atomic mass is 10.2. The molecule has 2 atom stereocenters. The summed E-state index contributed by atoms with van der Waals surface area (Å²) in [7, 11) is 0. The molecule has 3 rings (SSSR count). The number of rotatable bonds is 5. The summed E-state index contributed by atoms with van der Waals surface area (Å²) in [4.78, 5) is 15.7. The predicted molar refractivity (Wildman–Crippen MR) is 74.3 cm³/mol. The number of nitrogens with one attached hydrogen (secondary N) is 1. The molecule has 2 aromatic heterocycles. The first-order chi connectivity index (χ1) is 9.22. The van der Waals surface area contributed by atoms with Gasteiger partial charge in [-0.05, 0) is 24.5 Å². The maximum Gasteiger partial charge on any atom is 0.226 e. The summed E-state index contributed by atoms with van der Waals surface area (Å²) in [5.41, 5.74) is 0. The minimum Gasteiger partial charge on any atom is -0.466 e. The van der Waals surface area contributed by atoms with E-state index in [4.69, 9.17) is 4.42 Å². The lowest BCUT2D eigenvalue weighted by Gasteiger charge is -2.00. The van der Waals surface area contributed by atoms with Gasteiger partial charge < -0.3 is 9.73 Å². The van der Waals surface area contributed by atoms with Crippen LogP contribution in [0.5, 0.6) is 0 Å². The number of carbonyl (C=O) groups is 1. The van der Waals surface area contributed by atoms with Gasteiger partial charge >= 0.3 is 0 Å². The first-order valence-electron chi connectivity index (χ1n) is 6.50. The fraction of sp³-hybridized carbons (Fsp3) is 0.429. The van der Waals surface area contributed by atoms with Crippen LogP contribution in [0.25, 0.3) is 0 Å². The van der Waals surface area contributed by atoms with E-state index in [-0.39, 0.29) is 5.91 Å². The number of amides is 1. The third kappa shape index (κ3) is 3.04. The fourth-order valence-electron chi connectivity index (χ4n) is 2.15. The average molecular weight is 276 g/mol. The summed E-state index contributed by atoms with van der Waals surface area (Å²) in [5.74, 6) is 3.28. The first kappa shape index (κ1) is 12.4. The van der Waals surface area contributed by atoms with Crippen molar-refractivity contribution in [2.24, 2.45) is 5.92 Å². The Hall–Kier alpha value is -1.62. The van der Waals surface area contributed by atoms with Crippen molar-refractivity contribution in [2.75, 3.05) is 5.32 Å². The quantitative estimate of drug-likeness (QED) is 0.910. The van der Waals surface area contributed by atoms with Crippen LogP contribution in [0.15, 0.2) is 28.1 Å². The van der Waals surface area contributed by atoms with E-state index in [1.807, 2.05) is 17.5 Å². The smallest absolute Gasteiger partial charge is 0.226 e. The standard InChI is InChI=1S/C14H16N2O2S/c1-9-8-11(9)12-4-2-10(18-12)3-5-13(17)16-14-15-6-7-19-14/h2,4,6-7,9,11H,3,5,8H2,1H3,(H,15,16,17)/t9-,11-/m1/s1. The lowest BCUT2D eigenvalue weighted by Crippen LogP contribution is -2.11. The highest BCUT2D eigenvalue weighted by atomic mass is 32.1. The van der Waals surface area contributed by atoms with Crippen LogP contribution in [-0.4, -0.2) is 10.9 Å². The largest absolute Gasteiger partial charge is 0.466 e. The van der Waals surface area contributed by atoms with Gasteiger partial charge in [-0.2, -0.15) is 0 Å². The second kappa shape index (κ2) is 5.17. The van der Waals surface area contributed by atoms with Gasteiger partial charge in [0.25, 0.3) is 0 Å². The first-order valence-corrected chi connectivity index (χ1v) is 7.38. The van der Waals surface area contributed by atoms with Crippen LogP contribution >= 0.6 is 11.3 Å². The van der Waals surface area contributed by atoms with Crippen LogP contribution in [-0.2, 0) is 11.2 Å². The third-order valence-electron chi connectivity index (χ3n) is 3.43. The van der Waals surface area contributed by atoms with Gasteiger partial charge in [0, 0.05) is 30.3 Å². The minimum absolute atomic E-state index is 0.0207. The summed E-state index contributed by atoms with van der Waals surface area (Å²) in [6.45, 7) is 2.23. The van der Waals surface area contributed by atoms with E-state index in [2.05, 4.69) is 17.2 Å². The molecule has 0 aromatic carbocycles. The predicted octanol–water partition coefficient (Wildman–Crippen LogP) is 3.43. The summed E-state index contributed by atoms with van der Waals surface area (Å²) >= 11 is 1.42. The van der Waals surface area contributed by atoms with Crippen molar-refractivity contribution in [2.45, 2.75) is 32.1 Å². The number of nitrogens with zero attached hydrogens (tertiary/aromatic N) is 1. The molecule has 5 heteroatoms. The van der Waals surface area contributed by atoms with Crippen LogP contribution in [0, 0.1) is 5.92 Å². The Morgan fingerprint density at radius 2 is 2.42 bits per heavy atom. The number of anilines is 1. The van der Waals surface area contributed by atoms with Gasteiger partial charge in [-0.15, -0.1) is 11.3 Å². The number of furan rings is 1. The van der Waals surface area contributed by atoms with Gasteiger partial charge in [0.2, 0.25) is 5.91 Å². The van der Waals surface area contributed by atoms with E-state index < -0.39 is 0 Å². The Bertz CT molecular complexity index is 562. The van der Waals surface area contributed by atoms with Crippen molar-refractivity contribution in [1.29, 1.82) is 0 Å². The number of carbonyl (C=O) groups excluding carboxylic acids is 1. The molecular formula is C14H16N2O2S. The number of hydrogen-bond donors (Lipinski definition) is 1. The van der Waals surface area contributed by atoms with Gasteiger partial charge in [0.05, 0.1) is 0 Å². The SMILES string of the molecule is C[C@@H]1C[C@H]1c1ccc(CCC(=O)Nc2nccs2)o1.